The molecule has 0 aliphatic heterocycles. The highest BCUT2D eigenvalue weighted by atomic mass is 127. The Bertz CT molecular complexity index is 510. The molecule has 1 aromatic carbocycles. The first kappa shape index (κ1) is 12.9. The molecule has 1 heterocycles. The molecule has 0 aliphatic rings. The summed E-state index contributed by atoms with van der Waals surface area (Å²) in [6.07, 6.45) is 2.89. The standard InChI is InChI=1S/C14H18INO/c1-14(2,3)16-8-7-10-9-17-13-11(10)5-4-6-12(13)15/h4-6,9,16H,7-8H2,1-3H3. The molecule has 0 bridgehead atoms. The molecule has 0 unspecified atom stereocenters. The van der Waals surface area contributed by atoms with E-state index < -0.39 is 0 Å². The van der Waals surface area contributed by atoms with E-state index in [1.165, 1.54) is 14.5 Å². The van der Waals surface area contributed by atoms with Crippen LogP contribution in [0.3, 0.4) is 0 Å². The van der Waals surface area contributed by atoms with Crippen LogP contribution in [0, 0.1) is 3.57 Å². The van der Waals surface area contributed by atoms with Gasteiger partial charge < -0.3 is 9.73 Å². The molecule has 3 heteroatoms. The van der Waals surface area contributed by atoms with Crippen molar-refractivity contribution >= 4 is 33.6 Å². The van der Waals surface area contributed by atoms with E-state index in [2.05, 4.69) is 66.9 Å². The molecule has 0 atom stereocenters. The Balaban J connectivity index is 2.12. The van der Waals surface area contributed by atoms with Crippen LogP contribution in [0.25, 0.3) is 11.0 Å². The molecule has 2 aromatic rings. The maximum Gasteiger partial charge on any atom is 0.147 e. The van der Waals surface area contributed by atoms with Gasteiger partial charge in [0.05, 0.1) is 9.83 Å². The molecule has 2 rings (SSSR count). The topological polar surface area (TPSA) is 25.2 Å². The highest BCUT2D eigenvalue weighted by Gasteiger charge is 2.11. The van der Waals surface area contributed by atoms with Gasteiger partial charge in [0.15, 0.2) is 0 Å². The van der Waals surface area contributed by atoms with Gasteiger partial charge in [-0.2, -0.15) is 0 Å². The van der Waals surface area contributed by atoms with Crippen molar-refractivity contribution in [3.8, 4) is 0 Å². The van der Waals surface area contributed by atoms with Crippen LogP contribution in [-0.2, 0) is 6.42 Å². The van der Waals surface area contributed by atoms with Gasteiger partial charge in [-0.05, 0) is 68.0 Å². The molecular weight excluding hydrogens is 325 g/mol. The minimum atomic E-state index is 0.175. The summed E-state index contributed by atoms with van der Waals surface area (Å²) in [4.78, 5) is 0. The maximum atomic E-state index is 5.63. The second kappa shape index (κ2) is 4.98. The molecule has 0 radical (unpaired) electrons. The number of fused-ring (bicyclic) bond motifs is 1. The van der Waals surface area contributed by atoms with Crippen molar-refractivity contribution in [3.05, 3.63) is 33.6 Å². The largest absolute Gasteiger partial charge is 0.463 e. The molecule has 0 aliphatic carbocycles. The van der Waals surface area contributed by atoms with Crippen LogP contribution in [0.2, 0.25) is 0 Å². The lowest BCUT2D eigenvalue weighted by atomic mass is 10.1. The number of para-hydroxylation sites is 1. The molecule has 2 nitrogen and oxygen atoms in total. The van der Waals surface area contributed by atoms with Crippen molar-refractivity contribution < 1.29 is 4.42 Å². The molecule has 0 spiro atoms. The average Bonchev–Trinajstić information content (AvgIpc) is 2.61. The van der Waals surface area contributed by atoms with Crippen molar-refractivity contribution in [1.29, 1.82) is 0 Å². The second-order valence-electron chi connectivity index (χ2n) is 5.30. The molecule has 1 aromatic heterocycles. The predicted octanol–water partition coefficient (Wildman–Crippen LogP) is 3.97. The van der Waals surface area contributed by atoms with Crippen LogP contribution in [0.5, 0.6) is 0 Å². The molecule has 0 fully saturated rings. The van der Waals surface area contributed by atoms with Gasteiger partial charge >= 0.3 is 0 Å². The number of nitrogens with one attached hydrogen (secondary N) is 1. The third-order valence-corrected chi connectivity index (χ3v) is 3.53. The minimum Gasteiger partial charge on any atom is -0.463 e. The number of halogens is 1. The van der Waals surface area contributed by atoms with E-state index in [4.69, 9.17) is 4.42 Å². The average molecular weight is 343 g/mol. The van der Waals surface area contributed by atoms with Crippen LogP contribution in [0.1, 0.15) is 26.3 Å². The Hall–Kier alpha value is -0.550. The lowest BCUT2D eigenvalue weighted by molar-refractivity contribution is 0.429. The quantitative estimate of drug-likeness (QED) is 0.854. The molecule has 0 saturated heterocycles. The summed E-state index contributed by atoms with van der Waals surface area (Å²) in [5.41, 5.74) is 2.47. The summed E-state index contributed by atoms with van der Waals surface area (Å²) in [5, 5.41) is 4.74. The molecule has 0 saturated carbocycles. The normalized spacial score (nSPS) is 12.2. The first-order valence-electron chi connectivity index (χ1n) is 5.87. The number of furan rings is 1. The van der Waals surface area contributed by atoms with Gasteiger partial charge in [0, 0.05) is 10.9 Å². The van der Waals surface area contributed by atoms with Gasteiger partial charge in [0.1, 0.15) is 5.58 Å². The second-order valence-corrected chi connectivity index (χ2v) is 6.47. The van der Waals surface area contributed by atoms with Gasteiger partial charge in [-0.25, -0.2) is 0 Å². The van der Waals surface area contributed by atoms with E-state index in [0.717, 1.165) is 18.5 Å². The number of hydrogen-bond donors (Lipinski definition) is 1. The highest BCUT2D eigenvalue weighted by molar-refractivity contribution is 14.1. The van der Waals surface area contributed by atoms with Crippen molar-refractivity contribution in [2.24, 2.45) is 0 Å². The fraction of sp³-hybridized carbons (Fsp3) is 0.429. The van der Waals surface area contributed by atoms with Gasteiger partial charge in [0.25, 0.3) is 0 Å². The Morgan fingerprint density at radius 3 is 2.76 bits per heavy atom. The minimum absolute atomic E-state index is 0.175. The summed E-state index contributed by atoms with van der Waals surface area (Å²) in [6, 6.07) is 6.29. The van der Waals surface area contributed by atoms with E-state index in [-0.39, 0.29) is 5.54 Å². The van der Waals surface area contributed by atoms with Crippen LogP contribution in [-0.4, -0.2) is 12.1 Å². The van der Waals surface area contributed by atoms with Crippen molar-refractivity contribution in [2.45, 2.75) is 32.7 Å². The summed E-state index contributed by atoms with van der Waals surface area (Å²) < 4.78 is 6.80. The Morgan fingerprint density at radius 2 is 2.06 bits per heavy atom. The maximum absolute atomic E-state index is 5.63. The van der Waals surface area contributed by atoms with E-state index in [9.17, 15) is 0 Å². The van der Waals surface area contributed by atoms with Crippen LogP contribution in [0.15, 0.2) is 28.9 Å². The smallest absolute Gasteiger partial charge is 0.147 e. The Kier molecular flexibility index (Phi) is 3.78. The van der Waals surface area contributed by atoms with Gasteiger partial charge in [-0.15, -0.1) is 0 Å². The van der Waals surface area contributed by atoms with Crippen LogP contribution < -0.4 is 5.32 Å². The summed E-state index contributed by atoms with van der Waals surface area (Å²) >= 11 is 2.31. The monoisotopic (exact) mass is 343 g/mol. The zero-order valence-electron chi connectivity index (χ0n) is 10.5. The lowest BCUT2D eigenvalue weighted by Crippen LogP contribution is -2.37. The van der Waals surface area contributed by atoms with Crippen LogP contribution in [0.4, 0.5) is 0 Å². The van der Waals surface area contributed by atoms with Gasteiger partial charge in [0.2, 0.25) is 0 Å². The van der Waals surface area contributed by atoms with Crippen LogP contribution >= 0.6 is 22.6 Å². The summed E-state index contributed by atoms with van der Waals surface area (Å²) in [5.74, 6) is 0. The zero-order chi connectivity index (χ0) is 12.5. The number of hydrogen-bond acceptors (Lipinski definition) is 2. The van der Waals surface area contributed by atoms with E-state index >= 15 is 0 Å². The van der Waals surface area contributed by atoms with E-state index in [1.54, 1.807) is 0 Å². The Morgan fingerprint density at radius 1 is 1.29 bits per heavy atom. The molecule has 1 N–H and O–H groups in total. The van der Waals surface area contributed by atoms with E-state index in [1.807, 2.05) is 6.26 Å². The zero-order valence-corrected chi connectivity index (χ0v) is 12.7. The van der Waals surface area contributed by atoms with Gasteiger partial charge in [-0.1, -0.05) is 12.1 Å². The molecule has 17 heavy (non-hydrogen) atoms. The fourth-order valence-electron chi connectivity index (χ4n) is 1.84. The third-order valence-electron chi connectivity index (χ3n) is 2.68. The van der Waals surface area contributed by atoms with Crippen molar-refractivity contribution in [3.63, 3.8) is 0 Å². The van der Waals surface area contributed by atoms with Gasteiger partial charge in [-0.3, -0.25) is 0 Å². The van der Waals surface area contributed by atoms with Crippen molar-refractivity contribution in [2.75, 3.05) is 6.54 Å². The summed E-state index contributed by atoms with van der Waals surface area (Å²) in [7, 11) is 0. The lowest BCUT2D eigenvalue weighted by Gasteiger charge is -2.20. The first-order chi connectivity index (χ1) is 7.97. The first-order valence-corrected chi connectivity index (χ1v) is 6.95. The Labute approximate surface area is 116 Å². The molecule has 92 valence electrons. The highest BCUT2D eigenvalue weighted by Crippen LogP contribution is 2.25. The fourth-order valence-corrected chi connectivity index (χ4v) is 2.47. The molecular formula is C14H18INO. The molecule has 0 amide bonds. The number of benzene rings is 1. The third kappa shape index (κ3) is 3.22. The van der Waals surface area contributed by atoms with Crippen molar-refractivity contribution in [1.82, 2.24) is 5.32 Å². The number of rotatable bonds is 3. The predicted molar refractivity (Wildman–Crippen MR) is 80.4 cm³/mol. The summed E-state index contributed by atoms with van der Waals surface area (Å²) in [6.45, 7) is 7.53. The van der Waals surface area contributed by atoms with E-state index in [0.29, 0.717) is 0 Å². The SMILES string of the molecule is CC(C)(C)NCCc1coc2c(I)cccc12.